The Kier molecular flexibility index (Phi) is 4.06. The molecule has 5 heteroatoms. The summed E-state index contributed by atoms with van der Waals surface area (Å²) in [5.74, 6) is 0.0395. The lowest BCUT2D eigenvalue weighted by molar-refractivity contribution is 0.0790. The number of hydrogen-bond acceptors (Lipinski definition) is 3. The predicted molar refractivity (Wildman–Crippen MR) is 88.8 cm³/mol. The van der Waals surface area contributed by atoms with Gasteiger partial charge in [0.1, 0.15) is 0 Å². The maximum Gasteiger partial charge on any atom is 0.264 e. The molecule has 0 bridgehead atoms. The number of carbonyl (C=O) groups excluding carboxylic acids is 1. The van der Waals surface area contributed by atoms with Gasteiger partial charge in [-0.2, -0.15) is 5.10 Å². The number of hydrogen-bond donors (Lipinski definition) is 0. The second-order valence-corrected chi connectivity index (χ2v) is 6.13. The SMILES string of the molecule is CN(Cc1cnn(C)c1)C(=O)c1sccc1-c1ccccc1. The number of aryl methyl sites for hydroxylation is 1. The van der Waals surface area contributed by atoms with E-state index in [1.54, 1.807) is 15.8 Å². The van der Waals surface area contributed by atoms with Crippen LogP contribution in [0.25, 0.3) is 11.1 Å². The third-order valence-corrected chi connectivity index (χ3v) is 4.37. The lowest BCUT2D eigenvalue weighted by Crippen LogP contribution is -2.25. The average molecular weight is 311 g/mol. The highest BCUT2D eigenvalue weighted by atomic mass is 32.1. The standard InChI is InChI=1S/C17H17N3OS/c1-19(11-13-10-18-20(2)12-13)17(21)16-15(8-9-22-16)14-6-4-3-5-7-14/h3-10,12H,11H2,1-2H3. The molecule has 0 aliphatic carbocycles. The molecule has 0 radical (unpaired) electrons. The second kappa shape index (κ2) is 6.15. The lowest BCUT2D eigenvalue weighted by Gasteiger charge is -2.16. The summed E-state index contributed by atoms with van der Waals surface area (Å²) >= 11 is 1.48. The minimum absolute atomic E-state index is 0.0395. The lowest BCUT2D eigenvalue weighted by atomic mass is 10.1. The summed E-state index contributed by atoms with van der Waals surface area (Å²) in [6.07, 6.45) is 3.71. The summed E-state index contributed by atoms with van der Waals surface area (Å²) in [6.45, 7) is 0.554. The van der Waals surface area contributed by atoms with Gasteiger partial charge in [-0.25, -0.2) is 0 Å². The van der Waals surface area contributed by atoms with Crippen molar-refractivity contribution in [1.29, 1.82) is 0 Å². The summed E-state index contributed by atoms with van der Waals surface area (Å²) in [5, 5.41) is 6.10. The summed E-state index contributed by atoms with van der Waals surface area (Å²) in [5.41, 5.74) is 3.09. The Morgan fingerprint density at radius 2 is 2.05 bits per heavy atom. The molecule has 3 aromatic rings. The molecule has 0 fully saturated rings. The first-order chi connectivity index (χ1) is 10.6. The van der Waals surface area contributed by atoms with Gasteiger partial charge in [0.25, 0.3) is 5.91 Å². The maximum atomic E-state index is 12.7. The Morgan fingerprint density at radius 1 is 1.27 bits per heavy atom. The van der Waals surface area contributed by atoms with E-state index in [4.69, 9.17) is 0 Å². The average Bonchev–Trinajstić information content (AvgIpc) is 3.16. The third kappa shape index (κ3) is 2.94. The topological polar surface area (TPSA) is 38.1 Å². The van der Waals surface area contributed by atoms with Crippen LogP contribution in [0.1, 0.15) is 15.2 Å². The van der Waals surface area contributed by atoms with Crippen LogP contribution in [0.2, 0.25) is 0 Å². The number of amides is 1. The molecular formula is C17H17N3OS. The summed E-state index contributed by atoms with van der Waals surface area (Å²) in [6, 6.07) is 12.0. The monoisotopic (exact) mass is 311 g/mol. The summed E-state index contributed by atoms with van der Waals surface area (Å²) < 4.78 is 1.74. The molecule has 0 aliphatic heterocycles. The largest absolute Gasteiger partial charge is 0.337 e. The van der Waals surface area contributed by atoms with Gasteiger partial charge in [-0.15, -0.1) is 11.3 Å². The van der Waals surface area contributed by atoms with Gasteiger partial charge in [-0.3, -0.25) is 9.48 Å². The van der Waals surface area contributed by atoms with Crippen molar-refractivity contribution in [2.75, 3.05) is 7.05 Å². The van der Waals surface area contributed by atoms with Crippen LogP contribution in [0.15, 0.2) is 54.2 Å². The van der Waals surface area contributed by atoms with Gasteiger partial charge < -0.3 is 4.90 Å². The molecule has 4 nitrogen and oxygen atoms in total. The van der Waals surface area contributed by atoms with Crippen LogP contribution in [-0.4, -0.2) is 27.6 Å². The molecule has 2 heterocycles. The Hall–Kier alpha value is -2.40. The number of thiophene rings is 1. The normalized spacial score (nSPS) is 10.6. The van der Waals surface area contributed by atoms with Crippen molar-refractivity contribution in [3.05, 3.63) is 64.6 Å². The Balaban J connectivity index is 1.82. The zero-order valence-electron chi connectivity index (χ0n) is 12.6. The van der Waals surface area contributed by atoms with E-state index in [1.807, 2.05) is 62.1 Å². The fourth-order valence-electron chi connectivity index (χ4n) is 2.39. The van der Waals surface area contributed by atoms with Gasteiger partial charge in [-0.1, -0.05) is 30.3 Å². The van der Waals surface area contributed by atoms with E-state index < -0.39 is 0 Å². The minimum atomic E-state index is 0.0395. The molecule has 0 aliphatic rings. The smallest absolute Gasteiger partial charge is 0.264 e. The first kappa shape index (κ1) is 14.5. The van der Waals surface area contributed by atoms with Crippen LogP contribution < -0.4 is 0 Å². The van der Waals surface area contributed by atoms with Crippen LogP contribution in [-0.2, 0) is 13.6 Å². The van der Waals surface area contributed by atoms with Crippen molar-refractivity contribution < 1.29 is 4.79 Å². The van der Waals surface area contributed by atoms with E-state index in [9.17, 15) is 4.79 Å². The number of carbonyl (C=O) groups is 1. The molecule has 0 spiro atoms. The van der Waals surface area contributed by atoms with Crippen molar-refractivity contribution in [2.45, 2.75) is 6.54 Å². The van der Waals surface area contributed by atoms with Gasteiger partial charge in [-0.05, 0) is 17.0 Å². The van der Waals surface area contributed by atoms with E-state index in [-0.39, 0.29) is 5.91 Å². The Bertz CT molecular complexity index is 776. The maximum absolute atomic E-state index is 12.7. The van der Waals surface area contributed by atoms with Crippen LogP contribution in [0.4, 0.5) is 0 Å². The van der Waals surface area contributed by atoms with Gasteiger partial charge in [0.2, 0.25) is 0 Å². The Morgan fingerprint density at radius 3 is 2.73 bits per heavy atom. The van der Waals surface area contributed by atoms with Gasteiger partial charge >= 0.3 is 0 Å². The van der Waals surface area contributed by atoms with E-state index >= 15 is 0 Å². The van der Waals surface area contributed by atoms with Crippen molar-refractivity contribution in [2.24, 2.45) is 7.05 Å². The molecule has 0 saturated heterocycles. The third-order valence-electron chi connectivity index (χ3n) is 3.47. The van der Waals surface area contributed by atoms with Crippen LogP contribution in [0.3, 0.4) is 0 Å². The highest BCUT2D eigenvalue weighted by Crippen LogP contribution is 2.29. The second-order valence-electron chi connectivity index (χ2n) is 5.21. The van der Waals surface area contributed by atoms with Crippen LogP contribution in [0.5, 0.6) is 0 Å². The van der Waals surface area contributed by atoms with E-state index in [0.29, 0.717) is 6.54 Å². The molecule has 1 aromatic carbocycles. The van der Waals surface area contributed by atoms with E-state index in [0.717, 1.165) is 21.6 Å². The minimum Gasteiger partial charge on any atom is -0.337 e. The van der Waals surface area contributed by atoms with Crippen molar-refractivity contribution in [1.82, 2.24) is 14.7 Å². The van der Waals surface area contributed by atoms with E-state index in [1.165, 1.54) is 11.3 Å². The molecule has 112 valence electrons. The zero-order chi connectivity index (χ0) is 15.5. The fourth-order valence-corrected chi connectivity index (χ4v) is 3.30. The zero-order valence-corrected chi connectivity index (χ0v) is 13.4. The van der Waals surface area contributed by atoms with Crippen LogP contribution >= 0.6 is 11.3 Å². The summed E-state index contributed by atoms with van der Waals surface area (Å²) in [4.78, 5) is 15.2. The fraction of sp³-hybridized carbons (Fsp3) is 0.176. The highest BCUT2D eigenvalue weighted by molar-refractivity contribution is 7.12. The van der Waals surface area contributed by atoms with Gasteiger partial charge in [0.15, 0.2) is 0 Å². The highest BCUT2D eigenvalue weighted by Gasteiger charge is 2.18. The Labute approximate surface area is 133 Å². The van der Waals surface area contributed by atoms with Gasteiger partial charge in [0, 0.05) is 38.0 Å². The first-order valence-electron chi connectivity index (χ1n) is 7.01. The number of nitrogens with zero attached hydrogens (tertiary/aromatic N) is 3. The van der Waals surface area contributed by atoms with E-state index in [2.05, 4.69) is 5.10 Å². The van der Waals surface area contributed by atoms with Gasteiger partial charge in [0.05, 0.1) is 11.1 Å². The number of benzene rings is 1. The molecule has 0 saturated carbocycles. The number of rotatable bonds is 4. The molecule has 1 amide bonds. The molecule has 2 aromatic heterocycles. The molecule has 0 unspecified atom stereocenters. The molecule has 0 atom stereocenters. The van der Waals surface area contributed by atoms with Crippen molar-refractivity contribution in [3.63, 3.8) is 0 Å². The predicted octanol–water partition coefficient (Wildman–Crippen LogP) is 3.42. The first-order valence-corrected chi connectivity index (χ1v) is 7.89. The molecule has 3 rings (SSSR count). The quantitative estimate of drug-likeness (QED) is 0.740. The van der Waals surface area contributed by atoms with Crippen molar-refractivity contribution >= 4 is 17.2 Å². The summed E-state index contributed by atoms with van der Waals surface area (Å²) in [7, 11) is 3.70. The molecule has 22 heavy (non-hydrogen) atoms. The molecular weight excluding hydrogens is 294 g/mol. The molecule has 0 N–H and O–H groups in total. The van der Waals surface area contributed by atoms with Crippen LogP contribution in [0, 0.1) is 0 Å². The number of aromatic nitrogens is 2. The van der Waals surface area contributed by atoms with Crippen molar-refractivity contribution in [3.8, 4) is 11.1 Å².